The number of hydrogen-bond acceptors (Lipinski definition) is 4. The lowest BCUT2D eigenvalue weighted by Crippen LogP contribution is -2.42. The van der Waals surface area contributed by atoms with Crippen molar-refractivity contribution in [3.8, 4) is 0 Å². The van der Waals surface area contributed by atoms with Crippen LogP contribution in [0.2, 0.25) is 0 Å². The van der Waals surface area contributed by atoms with Crippen LogP contribution in [0.4, 0.5) is 0 Å². The van der Waals surface area contributed by atoms with Crippen LogP contribution in [0, 0.1) is 0 Å². The second kappa shape index (κ2) is 10.3. The lowest BCUT2D eigenvalue weighted by Gasteiger charge is -2.17. The van der Waals surface area contributed by atoms with Crippen molar-refractivity contribution < 1.29 is 4.52 Å². The van der Waals surface area contributed by atoms with Crippen molar-refractivity contribution in [3.05, 3.63) is 11.7 Å². The first-order valence-corrected chi connectivity index (χ1v) is 9.24. The van der Waals surface area contributed by atoms with Crippen molar-refractivity contribution in [1.29, 1.82) is 0 Å². The Balaban J connectivity index is 2.54. The largest absolute Gasteiger partial charge is 0.357 e. The van der Waals surface area contributed by atoms with Crippen molar-refractivity contribution in [2.75, 3.05) is 6.54 Å². The smallest absolute Gasteiger partial charge is 0.232 e. The number of aromatic nitrogens is 2. The van der Waals surface area contributed by atoms with Gasteiger partial charge in [-0.1, -0.05) is 58.5 Å². The number of guanidine groups is 1. The molecule has 0 saturated carbocycles. The number of nitrogens with zero attached hydrogens (tertiary/aromatic N) is 3. The van der Waals surface area contributed by atoms with Crippen LogP contribution in [0.15, 0.2) is 9.52 Å². The van der Waals surface area contributed by atoms with Gasteiger partial charge in [0.1, 0.15) is 6.54 Å². The molecular formula is C18H35N5O. The zero-order valence-electron chi connectivity index (χ0n) is 16.3. The lowest BCUT2D eigenvalue weighted by atomic mass is 9.97. The molecule has 1 heterocycles. The Kier molecular flexibility index (Phi) is 8.79. The fourth-order valence-corrected chi connectivity index (χ4v) is 2.28. The van der Waals surface area contributed by atoms with Gasteiger partial charge >= 0.3 is 0 Å². The molecule has 0 fully saturated rings. The van der Waals surface area contributed by atoms with Gasteiger partial charge in [0.05, 0.1) is 0 Å². The van der Waals surface area contributed by atoms with Gasteiger partial charge in [-0.2, -0.15) is 4.98 Å². The van der Waals surface area contributed by atoms with Crippen molar-refractivity contribution >= 4 is 5.96 Å². The van der Waals surface area contributed by atoms with E-state index in [0.29, 0.717) is 24.3 Å². The summed E-state index contributed by atoms with van der Waals surface area (Å²) in [6.07, 6.45) is 6.29. The van der Waals surface area contributed by atoms with E-state index in [1.165, 1.54) is 25.7 Å². The van der Waals surface area contributed by atoms with Gasteiger partial charge in [-0.25, -0.2) is 4.99 Å². The first kappa shape index (κ1) is 20.5. The first-order valence-electron chi connectivity index (χ1n) is 9.24. The monoisotopic (exact) mass is 337 g/mol. The average Bonchev–Trinajstić information content (AvgIpc) is 2.99. The third kappa shape index (κ3) is 7.79. The summed E-state index contributed by atoms with van der Waals surface area (Å²) in [5.74, 6) is 2.07. The maximum Gasteiger partial charge on any atom is 0.232 e. The lowest BCUT2D eigenvalue weighted by molar-refractivity contribution is 0.318. The fourth-order valence-electron chi connectivity index (χ4n) is 2.28. The van der Waals surface area contributed by atoms with E-state index in [2.05, 4.69) is 67.3 Å². The van der Waals surface area contributed by atoms with Gasteiger partial charge < -0.3 is 15.2 Å². The Morgan fingerprint density at radius 3 is 2.54 bits per heavy atom. The standard InChI is InChI=1S/C18H35N5O/c1-7-9-10-11-12-14(3)21-17(19-8-2)20-13-15-22-16(24-23-15)18(4,5)6/h14H,7-13H2,1-6H3,(H2,19,20,21). The summed E-state index contributed by atoms with van der Waals surface area (Å²) in [5, 5.41) is 10.7. The van der Waals surface area contributed by atoms with E-state index < -0.39 is 0 Å². The predicted octanol–water partition coefficient (Wildman–Crippen LogP) is 3.78. The molecule has 0 bridgehead atoms. The average molecular weight is 338 g/mol. The van der Waals surface area contributed by atoms with Crippen LogP contribution < -0.4 is 10.6 Å². The molecule has 0 spiro atoms. The third-order valence-corrected chi connectivity index (χ3v) is 3.71. The highest BCUT2D eigenvalue weighted by Gasteiger charge is 2.21. The van der Waals surface area contributed by atoms with Crippen molar-refractivity contribution in [3.63, 3.8) is 0 Å². The van der Waals surface area contributed by atoms with E-state index in [4.69, 9.17) is 4.52 Å². The van der Waals surface area contributed by atoms with Crippen LogP contribution in [0.5, 0.6) is 0 Å². The third-order valence-electron chi connectivity index (χ3n) is 3.71. The molecule has 0 radical (unpaired) electrons. The molecule has 1 atom stereocenters. The number of rotatable bonds is 9. The molecule has 0 saturated heterocycles. The Hall–Kier alpha value is -1.59. The normalized spacial score (nSPS) is 13.8. The molecule has 138 valence electrons. The van der Waals surface area contributed by atoms with E-state index in [1.54, 1.807) is 0 Å². The Morgan fingerprint density at radius 2 is 1.96 bits per heavy atom. The van der Waals surface area contributed by atoms with Crippen LogP contribution in [0.3, 0.4) is 0 Å². The minimum Gasteiger partial charge on any atom is -0.357 e. The summed E-state index contributed by atoms with van der Waals surface area (Å²) < 4.78 is 5.31. The molecule has 2 N–H and O–H groups in total. The molecular weight excluding hydrogens is 302 g/mol. The second-order valence-corrected chi connectivity index (χ2v) is 7.36. The minimum atomic E-state index is -0.134. The van der Waals surface area contributed by atoms with Gasteiger partial charge in [0.25, 0.3) is 0 Å². The molecule has 1 aromatic heterocycles. The van der Waals surface area contributed by atoms with Crippen LogP contribution in [-0.2, 0) is 12.0 Å². The first-order chi connectivity index (χ1) is 11.4. The number of aliphatic imine (C=N–C) groups is 1. The van der Waals surface area contributed by atoms with Crippen LogP contribution >= 0.6 is 0 Å². The van der Waals surface area contributed by atoms with Gasteiger partial charge in [0.2, 0.25) is 5.89 Å². The number of hydrogen-bond donors (Lipinski definition) is 2. The molecule has 0 aliphatic carbocycles. The fraction of sp³-hybridized carbons (Fsp3) is 0.833. The molecule has 6 heteroatoms. The van der Waals surface area contributed by atoms with E-state index in [1.807, 2.05) is 0 Å². The summed E-state index contributed by atoms with van der Waals surface area (Å²) >= 11 is 0. The maximum atomic E-state index is 5.31. The minimum absolute atomic E-state index is 0.134. The van der Waals surface area contributed by atoms with Crippen molar-refractivity contribution in [2.24, 2.45) is 4.99 Å². The van der Waals surface area contributed by atoms with E-state index in [-0.39, 0.29) is 5.41 Å². The van der Waals surface area contributed by atoms with Crippen molar-refractivity contribution in [2.45, 2.75) is 91.6 Å². The van der Waals surface area contributed by atoms with Gasteiger partial charge in [0.15, 0.2) is 11.8 Å². The van der Waals surface area contributed by atoms with Gasteiger partial charge in [-0.3, -0.25) is 0 Å². The zero-order chi connectivity index (χ0) is 18.0. The summed E-state index contributed by atoms with van der Waals surface area (Å²) in [7, 11) is 0. The van der Waals surface area contributed by atoms with E-state index in [0.717, 1.165) is 18.9 Å². The molecule has 1 rings (SSSR count). The molecule has 1 aromatic rings. The van der Waals surface area contributed by atoms with Crippen LogP contribution in [0.25, 0.3) is 0 Å². The molecule has 1 unspecified atom stereocenters. The van der Waals surface area contributed by atoms with Crippen molar-refractivity contribution in [1.82, 2.24) is 20.8 Å². The van der Waals surface area contributed by atoms with Crippen LogP contribution in [0.1, 0.15) is 85.4 Å². The molecule has 0 aliphatic rings. The van der Waals surface area contributed by atoms with Gasteiger partial charge in [-0.05, 0) is 20.3 Å². The predicted molar refractivity (Wildman–Crippen MR) is 99.2 cm³/mol. The van der Waals surface area contributed by atoms with Gasteiger partial charge in [0, 0.05) is 18.0 Å². The molecule has 0 aromatic carbocycles. The second-order valence-electron chi connectivity index (χ2n) is 7.36. The van der Waals surface area contributed by atoms with Gasteiger partial charge in [-0.15, -0.1) is 0 Å². The highest BCUT2D eigenvalue weighted by atomic mass is 16.5. The Labute approximate surface area is 146 Å². The summed E-state index contributed by atoms with van der Waals surface area (Å²) in [6, 6.07) is 0.398. The van der Waals surface area contributed by atoms with E-state index in [9.17, 15) is 0 Å². The molecule has 0 amide bonds. The number of unbranched alkanes of at least 4 members (excludes halogenated alkanes) is 3. The topological polar surface area (TPSA) is 75.3 Å². The summed E-state index contributed by atoms with van der Waals surface area (Å²) in [6.45, 7) is 13.9. The Morgan fingerprint density at radius 1 is 1.21 bits per heavy atom. The highest BCUT2D eigenvalue weighted by molar-refractivity contribution is 5.79. The maximum absolute atomic E-state index is 5.31. The molecule has 24 heavy (non-hydrogen) atoms. The summed E-state index contributed by atoms with van der Waals surface area (Å²) in [5.41, 5.74) is -0.134. The quantitative estimate of drug-likeness (QED) is 0.407. The molecule has 6 nitrogen and oxygen atoms in total. The zero-order valence-corrected chi connectivity index (χ0v) is 16.3. The van der Waals surface area contributed by atoms with Crippen LogP contribution in [-0.4, -0.2) is 28.7 Å². The number of nitrogens with one attached hydrogen (secondary N) is 2. The molecule has 0 aliphatic heterocycles. The Bertz CT molecular complexity index is 490. The summed E-state index contributed by atoms with van der Waals surface area (Å²) in [4.78, 5) is 9.00. The highest BCUT2D eigenvalue weighted by Crippen LogP contribution is 2.19. The SMILES string of the molecule is CCCCCCC(C)NC(=NCc1noc(C(C)(C)C)n1)NCC. The van der Waals surface area contributed by atoms with E-state index >= 15 is 0 Å².